The van der Waals surface area contributed by atoms with Gasteiger partial charge >= 0.3 is 0 Å². The summed E-state index contributed by atoms with van der Waals surface area (Å²) in [5, 5.41) is 8.22. The standard InChI is InChI=1S/C18H20N6O2/c1-11-17(12(2)26-22-11)15-10-19-9-14(20-15)16-5-4-7-24(16)18(25)13-6-8-23(3)21-13/h6,8-10,16H,4-5,7H2,1-3H3. The minimum absolute atomic E-state index is 0.0716. The Hall–Kier alpha value is -3.03. The quantitative estimate of drug-likeness (QED) is 0.719. The molecule has 0 N–H and O–H groups in total. The van der Waals surface area contributed by atoms with Crippen molar-refractivity contribution in [2.45, 2.75) is 32.7 Å². The minimum atomic E-state index is -0.0996. The Morgan fingerprint density at radius 1 is 1.31 bits per heavy atom. The SMILES string of the molecule is Cc1noc(C)c1-c1cncc(C2CCCN2C(=O)c2ccn(C)n2)n1. The molecule has 1 amide bonds. The molecule has 3 aromatic heterocycles. The Balaban J connectivity index is 1.66. The molecule has 1 fully saturated rings. The molecule has 26 heavy (non-hydrogen) atoms. The van der Waals surface area contributed by atoms with Crippen molar-refractivity contribution in [2.75, 3.05) is 6.54 Å². The number of amides is 1. The van der Waals surface area contributed by atoms with Crippen molar-refractivity contribution in [3.8, 4) is 11.3 Å². The van der Waals surface area contributed by atoms with Crippen LogP contribution in [0.25, 0.3) is 11.3 Å². The second-order valence-electron chi connectivity index (χ2n) is 6.56. The first-order valence-corrected chi connectivity index (χ1v) is 8.60. The van der Waals surface area contributed by atoms with E-state index in [0.29, 0.717) is 18.0 Å². The topological polar surface area (TPSA) is 89.9 Å². The van der Waals surface area contributed by atoms with Gasteiger partial charge < -0.3 is 9.42 Å². The fraction of sp³-hybridized carbons (Fsp3) is 0.389. The smallest absolute Gasteiger partial charge is 0.274 e. The molecule has 1 aliphatic rings. The van der Waals surface area contributed by atoms with Crippen LogP contribution in [0.15, 0.2) is 29.2 Å². The van der Waals surface area contributed by atoms with E-state index in [1.165, 1.54) is 0 Å². The largest absolute Gasteiger partial charge is 0.361 e. The van der Waals surface area contributed by atoms with E-state index >= 15 is 0 Å². The van der Waals surface area contributed by atoms with Crippen LogP contribution in [0.2, 0.25) is 0 Å². The molecule has 1 aliphatic heterocycles. The number of nitrogens with zero attached hydrogens (tertiary/aromatic N) is 6. The van der Waals surface area contributed by atoms with Gasteiger partial charge in [-0.2, -0.15) is 5.10 Å². The second-order valence-corrected chi connectivity index (χ2v) is 6.56. The lowest BCUT2D eigenvalue weighted by molar-refractivity contribution is 0.0726. The third-order valence-electron chi connectivity index (χ3n) is 4.73. The maximum Gasteiger partial charge on any atom is 0.274 e. The van der Waals surface area contributed by atoms with Gasteiger partial charge in [0.2, 0.25) is 0 Å². The van der Waals surface area contributed by atoms with Crippen molar-refractivity contribution in [3.05, 3.63) is 47.5 Å². The summed E-state index contributed by atoms with van der Waals surface area (Å²) in [6.45, 7) is 4.43. The van der Waals surface area contributed by atoms with E-state index < -0.39 is 0 Å². The minimum Gasteiger partial charge on any atom is -0.361 e. The predicted octanol–water partition coefficient (Wildman–Crippen LogP) is 2.46. The van der Waals surface area contributed by atoms with E-state index in [1.807, 2.05) is 18.7 Å². The first-order valence-electron chi connectivity index (χ1n) is 8.60. The summed E-state index contributed by atoms with van der Waals surface area (Å²) in [5.74, 6) is 0.638. The highest BCUT2D eigenvalue weighted by atomic mass is 16.5. The molecule has 4 heterocycles. The summed E-state index contributed by atoms with van der Waals surface area (Å²) >= 11 is 0. The molecule has 8 nitrogen and oxygen atoms in total. The van der Waals surface area contributed by atoms with Gasteiger partial charge in [-0.3, -0.25) is 14.5 Å². The van der Waals surface area contributed by atoms with Crippen molar-refractivity contribution in [3.63, 3.8) is 0 Å². The molecule has 0 saturated carbocycles. The number of hydrogen-bond donors (Lipinski definition) is 0. The molecule has 0 spiro atoms. The molecule has 3 aromatic rings. The van der Waals surface area contributed by atoms with E-state index in [-0.39, 0.29) is 11.9 Å². The molecule has 0 aromatic carbocycles. The van der Waals surface area contributed by atoms with E-state index in [9.17, 15) is 4.79 Å². The fourth-order valence-corrected chi connectivity index (χ4v) is 3.50. The lowest BCUT2D eigenvalue weighted by atomic mass is 10.1. The van der Waals surface area contributed by atoms with Gasteiger partial charge in [0.25, 0.3) is 5.91 Å². The summed E-state index contributed by atoms with van der Waals surface area (Å²) in [4.78, 5) is 23.8. The normalized spacial score (nSPS) is 17.0. The van der Waals surface area contributed by atoms with Crippen molar-refractivity contribution in [2.24, 2.45) is 7.05 Å². The Labute approximate surface area is 150 Å². The van der Waals surface area contributed by atoms with Crippen molar-refractivity contribution < 1.29 is 9.32 Å². The monoisotopic (exact) mass is 352 g/mol. The Kier molecular flexibility index (Phi) is 4.02. The Morgan fingerprint density at radius 2 is 2.15 bits per heavy atom. The lowest BCUT2D eigenvalue weighted by Gasteiger charge is -2.23. The van der Waals surface area contributed by atoms with Crippen LogP contribution in [0, 0.1) is 13.8 Å². The van der Waals surface area contributed by atoms with Crippen LogP contribution in [0.1, 0.15) is 46.5 Å². The van der Waals surface area contributed by atoms with Gasteiger partial charge in [0, 0.05) is 19.8 Å². The number of aryl methyl sites for hydroxylation is 3. The predicted molar refractivity (Wildman–Crippen MR) is 93.2 cm³/mol. The molecule has 134 valence electrons. The highest BCUT2D eigenvalue weighted by molar-refractivity contribution is 5.92. The van der Waals surface area contributed by atoms with Gasteiger partial charge in [-0.05, 0) is 32.8 Å². The summed E-state index contributed by atoms with van der Waals surface area (Å²) in [6.07, 6.45) is 7.00. The third-order valence-corrected chi connectivity index (χ3v) is 4.73. The average Bonchev–Trinajstić information content (AvgIpc) is 3.35. The van der Waals surface area contributed by atoms with Gasteiger partial charge in [0.05, 0.1) is 41.1 Å². The zero-order chi connectivity index (χ0) is 18.3. The fourth-order valence-electron chi connectivity index (χ4n) is 3.50. The maximum absolute atomic E-state index is 12.8. The van der Waals surface area contributed by atoms with Gasteiger partial charge in [0.15, 0.2) is 0 Å². The summed E-state index contributed by atoms with van der Waals surface area (Å²) in [7, 11) is 1.80. The Bertz CT molecular complexity index is 941. The van der Waals surface area contributed by atoms with E-state index in [1.54, 1.807) is 36.4 Å². The number of aromatic nitrogens is 5. The maximum atomic E-state index is 12.8. The number of likely N-dealkylation sites (tertiary alicyclic amines) is 1. The van der Waals surface area contributed by atoms with Crippen molar-refractivity contribution in [1.82, 2.24) is 29.8 Å². The molecule has 1 saturated heterocycles. The highest BCUT2D eigenvalue weighted by Gasteiger charge is 2.33. The number of hydrogen-bond acceptors (Lipinski definition) is 6. The number of carbonyl (C=O) groups excluding carboxylic acids is 1. The van der Waals surface area contributed by atoms with E-state index in [0.717, 1.165) is 35.5 Å². The van der Waals surface area contributed by atoms with Crippen LogP contribution in [0.3, 0.4) is 0 Å². The average molecular weight is 352 g/mol. The first-order chi connectivity index (χ1) is 12.5. The number of rotatable bonds is 3. The van der Waals surface area contributed by atoms with Gasteiger partial charge in [-0.25, -0.2) is 4.98 Å². The van der Waals surface area contributed by atoms with Crippen molar-refractivity contribution in [1.29, 1.82) is 0 Å². The molecule has 8 heteroatoms. The van der Waals surface area contributed by atoms with Crippen molar-refractivity contribution >= 4 is 5.91 Å². The second kappa shape index (κ2) is 6.36. The van der Waals surface area contributed by atoms with Crippen LogP contribution >= 0.6 is 0 Å². The van der Waals surface area contributed by atoms with Crippen LogP contribution < -0.4 is 0 Å². The third kappa shape index (κ3) is 2.77. The summed E-state index contributed by atoms with van der Waals surface area (Å²) < 4.78 is 6.88. The zero-order valence-corrected chi connectivity index (χ0v) is 15.0. The molecule has 1 atom stereocenters. The summed E-state index contributed by atoms with van der Waals surface area (Å²) in [6, 6.07) is 1.64. The molecule has 0 radical (unpaired) electrons. The first kappa shape index (κ1) is 16.4. The molecule has 1 unspecified atom stereocenters. The van der Waals surface area contributed by atoms with Gasteiger partial charge in [-0.1, -0.05) is 5.16 Å². The highest BCUT2D eigenvalue weighted by Crippen LogP contribution is 2.33. The van der Waals surface area contributed by atoms with Gasteiger partial charge in [-0.15, -0.1) is 0 Å². The van der Waals surface area contributed by atoms with Gasteiger partial charge in [0.1, 0.15) is 11.5 Å². The van der Waals surface area contributed by atoms with Crippen LogP contribution in [0.5, 0.6) is 0 Å². The molecular weight excluding hydrogens is 332 g/mol. The van der Waals surface area contributed by atoms with Crippen LogP contribution in [0.4, 0.5) is 0 Å². The molecular formula is C18H20N6O2. The summed E-state index contributed by atoms with van der Waals surface area (Å²) in [5.41, 5.74) is 3.59. The van der Waals surface area contributed by atoms with E-state index in [2.05, 4.69) is 15.2 Å². The van der Waals surface area contributed by atoms with Crippen LogP contribution in [-0.4, -0.2) is 42.3 Å². The molecule has 0 bridgehead atoms. The molecule has 4 rings (SSSR count). The number of carbonyl (C=O) groups is 1. The zero-order valence-electron chi connectivity index (χ0n) is 15.0. The van der Waals surface area contributed by atoms with Crippen LogP contribution in [-0.2, 0) is 7.05 Å². The van der Waals surface area contributed by atoms with E-state index in [4.69, 9.17) is 9.51 Å². The Morgan fingerprint density at radius 3 is 2.85 bits per heavy atom. The molecule has 0 aliphatic carbocycles. The lowest BCUT2D eigenvalue weighted by Crippen LogP contribution is -2.31.